The maximum atomic E-state index is 6.10. The highest BCUT2D eigenvalue weighted by Gasteiger charge is 2.26. The Morgan fingerprint density at radius 3 is 2.44 bits per heavy atom. The van der Waals surface area contributed by atoms with E-state index in [0.717, 1.165) is 61.5 Å². The summed E-state index contributed by atoms with van der Waals surface area (Å²) in [6, 6.07) is 2.25. The maximum Gasteiger partial charge on any atom is 0.131 e. The van der Waals surface area contributed by atoms with E-state index in [1.54, 1.807) is 0 Å². The summed E-state index contributed by atoms with van der Waals surface area (Å²) in [4.78, 5) is 9.33. The minimum atomic E-state index is 0.369. The first-order valence-corrected chi connectivity index (χ1v) is 9.48. The Kier molecular flexibility index (Phi) is 4.46. The van der Waals surface area contributed by atoms with Crippen LogP contribution in [-0.2, 0) is 19.9 Å². The second kappa shape index (κ2) is 6.75. The third-order valence-electron chi connectivity index (χ3n) is 5.67. The van der Waals surface area contributed by atoms with E-state index in [9.17, 15) is 0 Å². The molecule has 2 saturated carbocycles. The van der Waals surface area contributed by atoms with Crippen LogP contribution in [0.5, 0.6) is 0 Å². The Labute approximate surface area is 149 Å². The lowest BCUT2D eigenvalue weighted by Gasteiger charge is -2.25. The van der Waals surface area contributed by atoms with E-state index in [1.807, 2.05) is 24.0 Å². The molecule has 2 aliphatic carbocycles. The SMILES string of the molecule is Cn1ncc(-c2cc(N)nc(CC3CCC(N)CC3)n2)c1CC1CC1. The third kappa shape index (κ3) is 3.84. The predicted molar refractivity (Wildman–Crippen MR) is 98.7 cm³/mol. The number of nitrogens with zero attached hydrogens (tertiary/aromatic N) is 4. The van der Waals surface area contributed by atoms with Crippen LogP contribution in [0.1, 0.15) is 50.0 Å². The zero-order chi connectivity index (χ0) is 17.4. The van der Waals surface area contributed by atoms with Gasteiger partial charge in [0.25, 0.3) is 0 Å². The molecule has 0 saturated heterocycles. The van der Waals surface area contributed by atoms with Crippen LogP contribution >= 0.6 is 0 Å². The summed E-state index contributed by atoms with van der Waals surface area (Å²) in [6.07, 6.45) is 11.1. The Morgan fingerprint density at radius 2 is 1.72 bits per heavy atom. The van der Waals surface area contributed by atoms with E-state index in [-0.39, 0.29) is 0 Å². The highest BCUT2D eigenvalue weighted by atomic mass is 15.3. The Bertz CT molecular complexity index is 740. The van der Waals surface area contributed by atoms with Crippen LogP contribution in [0.15, 0.2) is 12.3 Å². The second-order valence-corrected chi connectivity index (χ2v) is 7.86. The smallest absolute Gasteiger partial charge is 0.131 e. The van der Waals surface area contributed by atoms with Gasteiger partial charge < -0.3 is 11.5 Å². The summed E-state index contributed by atoms with van der Waals surface area (Å²) >= 11 is 0. The lowest BCUT2D eigenvalue weighted by atomic mass is 9.84. The van der Waals surface area contributed by atoms with Gasteiger partial charge in [-0.2, -0.15) is 5.10 Å². The van der Waals surface area contributed by atoms with Crippen molar-refractivity contribution in [2.45, 2.75) is 57.4 Å². The maximum absolute atomic E-state index is 6.10. The van der Waals surface area contributed by atoms with Crippen LogP contribution in [0, 0.1) is 11.8 Å². The summed E-state index contributed by atoms with van der Waals surface area (Å²) in [5, 5.41) is 4.46. The van der Waals surface area contributed by atoms with E-state index >= 15 is 0 Å². The second-order valence-electron chi connectivity index (χ2n) is 7.86. The number of anilines is 1. The molecule has 4 rings (SSSR count). The highest BCUT2D eigenvalue weighted by Crippen LogP contribution is 2.35. The summed E-state index contributed by atoms with van der Waals surface area (Å²) in [5.41, 5.74) is 15.4. The Morgan fingerprint density at radius 1 is 1.04 bits per heavy atom. The zero-order valence-corrected chi connectivity index (χ0v) is 15.0. The van der Waals surface area contributed by atoms with Crippen LogP contribution < -0.4 is 11.5 Å². The minimum absolute atomic E-state index is 0.369. The van der Waals surface area contributed by atoms with Gasteiger partial charge in [-0.3, -0.25) is 4.68 Å². The van der Waals surface area contributed by atoms with Crippen molar-refractivity contribution in [1.82, 2.24) is 19.7 Å². The third-order valence-corrected chi connectivity index (χ3v) is 5.67. The Balaban J connectivity index is 1.57. The fourth-order valence-corrected chi connectivity index (χ4v) is 3.91. The van der Waals surface area contributed by atoms with E-state index in [4.69, 9.17) is 16.5 Å². The molecule has 2 fully saturated rings. The standard InChI is InChI=1S/C19H28N6/c1-25-17(8-12-2-3-12)15(11-22-25)16-10-18(21)24-19(23-16)9-13-4-6-14(20)7-5-13/h10-14H,2-9,20H2,1H3,(H2,21,23,24). The molecule has 2 heterocycles. The van der Waals surface area contributed by atoms with Crippen LogP contribution in [0.4, 0.5) is 5.82 Å². The van der Waals surface area contributed by atoms with Crippen molar-refractivity contribution in [2.75, 3.05) is 5.73 Å². The molecule has 134 valence electrons. The largest absolute Gasteiger partial charge is 0.384 e. The molecule has 0 aromatic carbocycles. The molecule has 0 atom stereocenters. The molecule has 0 amide bonds. The van der Waals surface area contributed by atoms with Gasteiger partial charge in [0, 0.05) is 36.8 Å². The van der Waals surface area contributed by atoms with E-state index < -0.39 is 0 Å². The first-order chi connectivity index (χ1) is 12.1. The number of aromatic nitrogens is 4. The fourth-order valence-electron chi connectivity index (χ4n) is 3.91. The van der Waals surface area contributed by atoms with Gasteiger partial charge in [-0.05, 0) is 56.8 Å². The molecule has 25 heavy (non-hydrogen) atoms. The molecule has 0 aliphatic heterocycles. The number of hydrogen-bond acceptors (Lipinski definition) is 5. The van der Waals surface area contributed by atoms with E-state index in [2.05, 4.69) is 10.1 Å². The van der Waals surface area contributed by atoms with Crippen molar-refractivity contribution >= 4 is 5.82 Å². The molecule has 2 aromatic rings. The van der Waals surface area contributed by atoms with E-state index in [1.165, 1.54) is 18.5 Å². The van der Waals surface area contributed by atoms with Gasteiger partial charge in [-0.1, -0.05) is 0 Å². The normalized spacial score (nSPS) is 23.8. The van der Waals surface area contributed by atoms with Crippen LogP contribution in [0.25, 0.3) is 11.3 Å². The first-order valence-electron chi connectivity index (χ1n) is 9.48. The molecule has 0 bridgehead atoms. The summed E-state index contributed by atoms with van der Waals surface area (Å²) in [7, 11) is 2.01. The first kappa shape index (κ1) is 16.5. The quantitative estimate of drug-likeness (QED) is 0.872. The van der Waals surface area contributed by atoms with Crippen molar-refractivity contribution in [2.24, 2.45) is 24.6 Å². The monoisotopic (exact) mass is 340 g/mol. The minimum Gasteiger partial charge on any atom is -0.384 e. The van der Waals surface area contributed by atoms with Gasteiger partial charge in [0.05, 0.1) is 11.9 Å². The average Bonchev–Trinajstić information content (AvgIpc) is 3.32. The Hall–Kier alpha value is -1.95. The van der Waals surface area contributed by atoms with Crippen molar-refractivity contribution in [3.8, 4) is 11.3 Å². The van der Waals surface area contributed by atoms with Gasteiger partial charge in [0.2, 0.25) is 0 Å². The topological polar surface area (TPSA) is 95.6 Å². The summed E-state index contributed by atoms with van der Waals surface area (Å²) in [5.74, 6) is 2.83. The van der Waals surface area contributed by atoms with Gasteiger partial charge in [-0.25, -0.2) is 9.97 Å². The van der Waals surface area contributed by atoms with Gasteiger partial charge in [-0.15, -0.1) is 0 Å². The summed E-state index contributed by atoms with van der Waals surface area (Å²) < 4.78 is 1.98. The highest BCUT2D eigenvalue weighted by molar-refractivity contribution is 5.64. The van der Waals surface area contributed by atoms with E-state index in [0.29, 0.717) is 17.8 Å². The van der Waals surface area contributed by atoms with Crippen LogP contribution in [0.3, 0.4) is 0 Å². The van der Waals surface area contributed by atoms with Gasteiger partial charge in [0.15, 0.2) is 0 Å². The lowest BCUT2D eigenvalue weighted by molar-refractivity contribution is 0.321. The number of aryl methyl sites for hydroxylation is 1. The van der Waals surface area contributed by atoms with Gasteiger partial charge >= 0.3 is 0 Å². The molecule has 0 radical (unpaired) electrons. The van der Waals surface area contributed by atoms with Crippen LogP contribution in [0.2, 0.25) is 0 Å². The molecule has 0 spiro atoms. The number of rotatable bonds is 5. The van der Waals surface area contributed by atoms with Crippen molar-refractivity contribution in [3.63, 3.8) is 0 Å². The fraction of sp³-hybridized carbons (Fsp3) is 0.632. The molecule has 2 aliphatic rings. The van der Waals surface area contributed by atoms with Crippen molar-refractivity contribution in [1.29, 1.82) is 0 Å². The lowest BCUT2D eigenvalue weighted by Crippen LogP contribution is -2.27. The molecule has 2 aromatic heterocycles. The predicted octanol–water partition coefficient (Wildman–Crippen LogP) is 2.47. The number of hydrogen-bond donors (Lipinski definition) is 2. The molecule has 4 N–H and O–H groups in total. The average molecular weight is 340 g/mol. The number of nitrogens with two attached hydrogens (primary N) is 2. The molecular formula is C19H28N6. The molecule has 6 nitrogen and oxygen atoms in total. The van der Waals surface area contributed by atoms with Gasteiger partial charge in [0.1, 0.15) is 11.6 Å². The molecule has 0 unspecified atom stereocenters. The van der Waals surface area contributed by atoms with Crippen molar-refractivity contribution < 1.29 is 0 Å². The van der Waals surface area contributed by atoms with Crippen LogP contribution in [-0.4, -0.2) is 25.8 Å². The summed E-state index contributed by atoms with van der Waals surface area (Å²) in [6.45, 7) is 0. The number of nitrogen functional groups attached to an aromatic ring is 1. The molecule has 6 heteroatoms. The molecular weight excluding hydrogens is 312 g/mol. The van der Waals surface area contributed by atoms with Crippen molar-refractivity contribution in [3.05, 3.63) is 23.8 Å². The zero-order valence-electron chi connectivity index (χ0n) is 15.0.